The molecule has 0 aromatic carbocycles. The molecule has 3 aromatic rings. The van der Waals surface area contributed by atoms with E-state index in [0.29, 0.717) is 53.8 Å². The molecule has 4 heterocycles. The number of morpholine rings is 1. The van der Waals surface area contributed by atoms with E-state index < -0.39 is 0 Å². The van der Waals surface area contributed by atoms with Crippen molar-refractivity contribution < 1.29 is 14.3 Å². The Morgan fingerprint density at radius 2 is 1.79 bits per heavy atom. The van der Waals surface area contributed by atoms with Gasteiger partial charge in [-0.15, -0.1) is 5.10 Å². The van der Waals surface area contributed by atoms with Gasteiger partial charge >= 0.3 is 0 Å². The lowest BCUT2D eigenvalue weighted by Gasteiger charge is -2.31. The van der Waals surface area contributed by atoms with Gasteiger partial charge in [0.2, 0.25) is 5.91 Å². The van der Waals surface area contributed by atoms with E-state index in [2.05, 4.69) is 36.6 Å². The first kappa shape index (κ1) is 25.8. The van der Waals surface area contributed by atoms with Crippen molar-refractivity contribution in [3.05, 3.63) is 41.4 Å². The molecule has 1 atom stereocenters. The zero-order valence-corrected chi connectivity index (χ0v) is 22.2. The van der Waals surface area contributed by atoms with Crippen LogP contribution in [0.25, 0.3) is 5.65 Å². The fraction of sp³-hybridized carbons (Fsp3) is 0.500. The van der Waals surface area contributed by atoms with Crippen molar-refractivity contribution in [3.8, 4) is 0 Å². The minimum atomic E-state index is -0.346. The van der Waals surface area contributed by atoms with Gasteiger partial charge in [0, 0.05) is 42.6 Å². The maximum atomic E-state index is 13.1. The summed E-state index contributed by atoms with van der Waals surface area (Å²) in [6.07, 6.45) is 8.81. The van der Waals surface area contributed by atoms with E-state index in [-0.39, 0.29) is 29.9 Å². The molecule has 1 unspecified atom stereocenters. The predicted molar refractivity (Wildman–Crippen MR) is 147 cm³/mol. The topological polar surface area (TPSA) is 147 Å². The lowest BCUT2D eigenvalue weighted by molar-refractivity contribution is -0.126. The molecule has 2 amide bonds. The monoisotopic (exact) mass is 553 g/mol. The molecule has 13 heteroatoms. The zero-order valence-electron chi connectivity index (χ0n) is 21.5. The normalized spacial score (nSPS) is 23.3. The van der Waals surface area contributed by atoms with Crippen LogP contribution in [0.2, 0.25) is 5.15 Å². The third-order valence-corrected chi connectivity index (χ3v) is 7.49. The largest absolute Gasteiger partial charge is 0.379 e. The van der Waals surface area contributed by atoms with Crippen LogP contribution in [0.4, 0.5) is 17.2 Å². The third-order valence-electron chi connectivity index (χ3n) is 7.29. The highest BCUT2D eigenvalue weighted by Gasteiger charge is 2.28. The fourth-order valence-corrected chi connectivity index (χ4v) is 5.22. The number of hydrogen-bond acceptors (Lipinski definition) is 9. The first-order valence-electron chi connectivity index (χ1n) is 13.5. The molecular formula is C26H32ClN9O3. The number of hydrogen-bond donors (Lipinski definition) is 5. The highest BCUT2D eigenvalue weighted by molar-refractivity contribution is 6.29. The van der Waals surface area contributed by atoms with E-state index in [1.165, 1.54) is 12.4 Å². The standard InChI is InChI=1S/C26H32ClN9O3/c27-22-11-18(7-8-29-22)34-26(38)21-13-30-24-19(31-15-1-2-15)12-23(35-36(21)24)32-16-3-5-17(6-4-16)33-25(37)20-14-39-10-9-28-20/h7-8,11-13,15-17,20,28,31H,1-6,9-10,14H2,(H,32,35)(H,33,37)(H,29,34,38). The molecule has 1 saturated heterocycles. The van der Waals surface area contributed by atoms with E-state index in [0.717, 1.165) is 44.2 Å². The number of carbonyl (C=O) groups excluding carboxylic acids is 2. The number of nitrogens with zero attached hydrogens (tertiary/aromatic N) is 4. The van der Waals surface area contributed by atoms with Crippen LogP contribution in [0.3, 0.4) is 0 Å². The Balaban J connectivity index is 1.14. The third kappa shape index (κ3) is 6.23. The van der Waals surface area contributed by atoms with Crippen LogP contribution in [0.1, 0.15) is 49.0 Å². The summed E-state index contributed by atoms with van der Waals surface area (Å²) >= 11 is 5.97. The molecule has 0 radical (unpaired) electrons. The Hall–Kier alpha value is -3.48. The second-order valence-electron chi connectivity index (χ2n) is 10.3. The van der Waals surface area contributed by atoms with Gasteiger partial charge in [0.05, 0.1) is 25.1 Å². The molecule has 2 aliphatic carbocycles. The number of ether oxygens (including phenoxy) is 1. The van der Waals surface area contributed by atoms with Gasteiger partial charge in [-0.25, -0.2) is 14.5 Å². The van der Waals surface area contributed by atoms with E-state index in [1.54, 1.807) is 16.6 Å². The molecule has 12 nitrogen and oxygen atoms in total. The van der Waals surface area contributed by atoms with E-state index in [4.69, 9.17) is 21.4 Å². The van der Waals surface area contributed by atoms with E-state index in [9.17, 15) is 9.59 Å². The van der Waals surface area contributed by atoms with Gasteiger partial charge in [-0.05, 0) is 50.7 Å². The van der Waals surface area contributed by atoms with E-state index >= 15 is 0 Å². The van der Waals surface area contributed by atoms with Gasteiger partial charge in [-0.3, -0.25) is 9.59 Å². The van der Waals surface area contributed by atoms with Gasteiger partial charge in [0.15, 0.2) is 11.3 Å². The summed E-state index contributed by atoms with van der Waals surface area (Å²) in [5.74, 6) is 0.329. The lowest BCUT2D eigenvalue weighted by Crippen LogP contribution is -2.54. The predicted octanol–water partition coefficient (Wildman–Crippen LogP) is 2.43. The number of halogens is 1. The van der Waals surface area contributed by atoms with Crippen LogP contribution in [0.5, 0.6) is 0 Å². The van der Waals surface area contributed by atoms with E-state index in [1.807, 2.05) is 6.07 Å². The second-order valence-corrected chi connectivity index (χ2v) is 10.7. The molecule has 3 aromatic heterocycles. The van der Waals surface area contributed by atoms with Crippen LogP contribution in [0.15, 0.2) is 30.6 Å². The molecule has 2 saturated carbocycles. The molecule has 3 aliphatic rings. The summed E-state index contributed by atoms with van der Waals surface area (Å²) in [5, 5.41) is 21.3. The first-order chi connectivity index (χ1) is 19.0. The molecule has 5 N–H and O–H groups in total. The van der Waals surface area contributed by atoms with Crippen LogP contribution in [-0.4, -0.2) is 75.3 Å². The summed E-state index contributed by atoms with van der Waals surface area (Å²) in [5.41, 5.74) is 2.28. The number of nitrogens with one attached hydrogen (secondary N) is 5. The maximum absolute atomic E-state index is 13.1. The molecular weight excluding hydrogens is 522 g/mol. The van der Waals surface area contributed by atoms with Crippen LogP contribution < -0.4 is 26.6 Å². The number of fused-ring (bicyclic) bond motifs is 1. The highest BCUT2D eigenvalue weighted by Crippen LogP contribution is 2.30. The van der Waals surface area contributed by atoms with Gasteiger partial charge in [0.25, 0.3) is 5.91 Å². The summed E-state index contributed by atoms with van der Waals surface area (Å²) < 4.78 is 6.99. The lowest BCUT2D eigenvalue weighted by atomic mass is 9.91. The summed E-state index contributed by atoms with van der Waals surface area (Å²) in [4.78, 5) is 34.1. The van der Waals surface area contributed by atoms with Gasteiger partial charge in [-0.2, -0.15) is 0 Å². The Bertz CT molecular complexity index is 1350. The second kappa shape index (κ2) is 11.3. The van der Waals surface area contributed by atoms with Crippen LogP contribution >= 0.6 is 11.6 Å². The average Bonchev–Trinajstić information content (AvgIpc) is 3.65. The SMILES string of the molecule is O=C(Nc1ccnc(Cl)c1)c1cnc2c(NC3CC3)cc(NC3CCC(NC(=O)C4COCCN4)CC3)nn12. The van der Waals surface area contributed by atoms with Crippen LogP contribution in [0, 0.1) is 0 Å². The molecule has 3 fully saturated rings. The number of aromatic nitrogens is 4. The summed E-state index contributed by atoms with van der Waals surface area (Å²) in [7, 11) is 0. The maximum Gasteiger partial charge on any atom is 0.276 e. The Kier molecular flexibility index (Phi) is 7.49. The molecule has 1 aliphatic heterocycles. The quantitative estimate of drug-likeness (QED) is 0.265. The van der Waals surface area contributed by atoms with Crippen molar-refractivity contribution in [1.29, 1.82) is 0 Å². The van der Waals surface area contributed by atoms with Gasteiger partial charge < -0.3 is 31.3 Å². The molecule has 0 bridgehead atoms. The van der Waals surface area contributed by atoms with Crippen LogP contribution in [-0.2, 0) is 9.53 Å². The highest BCUT2D eigenvalue weighted by atomic mass is 35.5. The minimum absolute atomic E-state index is 0.00831. The number of anilines is 3. The first-order valence-corrected chi connectivity index (χ1v) is 13.9. The molecule has 39 heavy (non-hydrogen) atoms. The number of pyridine rings is 1. The average molecular weight is 554 g/mol. The van der Waals surface area contributed by atoms with Crippen molar-refractivity contribution in [2.24, 2.45) is 0 Å². The molecule has 206 valence electrons. The summed E-state index contributed by atoms with van der Waals surface area (Å²) in [6, 6.07) is 5.70. The Morgan fingerprint density at radius 1 is 1.03 bits per heavy atom. The Labute approximate surface area is 230 Å². The number of carbonyl (C=O) groups is 2. The van der Waals surface area contributed by atoms with Gasteiger partial charge in [0.1, 0.15) is 17.0 Å². The van der Waals surface area contributed by atoms with Crippen molar-refractivity contribution in [2.45, 2.75) is 62.7 Å². The van der Waals surface area contributed by atoms with Crippen molar-refractivity contribution in [2.75, 3.05) is 35.7 Å². The Morgan fingerprint density at radius 3 is 2.54 bits per heavy atom. The molecule has 0 spiro atoms. The van der Waals surface area contributed by atoms with Crippen molar-refractivity contribution in [3.63, 3.8) is 0 Å². The smallest absolute Gasteiger partial charge is 0.276 e. The number of imidazole rings is 1. The zero-order chi connectivity index (χ0) is 26.8. The van der Waals surface area contributed by atoms with Crippen molar-refractivity contribution in [1.82, 2.24) is 30.2 Å². The number of rotatable bonds is 8. The van der Waals surface area contributed by atoms with Crippen molar-refractivity contribution >= 4 is 46.3 Å². The summed E-state index contributed by atoms with van der Waals surface area (Å²) in [6.45, 7) is 1.75. The minimum Gasteiger partial charge on any atom is -0.379 e. The van der Waals surface area contributed by atoms with Gasteiger partial charge in [-0.1, -0.05) is 11.6 Å². The fourth-order valence-electron chi connectivity index (χ4n) is 5.05. The number of amides is 2. The molecule has 6 rings (SSSR count).